The number of benzene rings is 1. The standard InChI is InChI=1S/C12H7ClFN3O3/c13-11-10(17(19)20)7(5-6-15-11)12(18)16-9-4-2-1-3-8(9)14/h1-6H,(H,16,18). The Kier molecular flexibility index (Phi) is 3.90. The third-order valence-corrected chi connectivity index (χ3v) is 2.71. The SMILES string of the molecule is O=C(Nc1ccccc1F)c1ccnc(Cl)c1[N+](=O)[O-]. The molecular weight excluding hydrogens is 289 g/mol. The number of nitro groups is 1. The fourth-order valence-corrected chi connectivity index (χ4v) is 1.76. The van der Waals surface area contributed by atoms with Crippen LogP contribution in [0.4, 0.5) is 15.8 Å². The Morgan fingerprint density at radius 2 is 2.05 bits per heavy atom. The van der Waals surface area contributed by atoms with Crippen LogP contribution in [0.25, 0.3) is 0 Å². The summed E-state index contributed by atoms with van der Waals surface area (Å²) in [5.41, 5.74) is -0.999. The molecule has 0 unspecified atom stereocenters. The lowest BCUT2D eigenvalue weighted by molar-refractivity contribution is -0.385. The number of hydrogen-bond acceptors (Lipinski definition) is 4. The van der Waals surface area contributed by atoms with Crippen LogP contribution in [0.5, 0.6) is 0 Å². The van der Waals surface area contributed by atoms with Gasteiger partial charge in [0.05, 0.1) is 10.6 Å². The normalized spacial score (nSPS) is 10.1. The van der Waals surface area contributed by atoms with Crippen LogP contribution in [-0.2, 0) is 0 Å². The Labute approximate surface area is 117 Å². The summed E-state index contributed by atoms with van der Waals surface area (Å²) in [5, 5.41) is 12.7. The van der Waals surface area contributed by atoms with Crippen LogP contribution in [0.3, 0.4) is 0 Å². The van der Waals surface area contributed by atoms with Crippen molar-refractivity contribution < 1.29 is 14.1 Å². The molecule has 2 aromatic rings. The fourth-order valence-electron chi connectivity index (χ4n) is 1.54. The lowest BCUT2D eigenvalue weighted by Crippen LogP contribution is -2.15. The zero-order valence-corrected chi connectivity index (χ0v) is 10.6. The number of pyridine rings is 1. The summed E-state index contributed by atoms with van der Waals surface area (Å²) < 4.78 is 13.4. The lowest BCUT2D eigenvalue weighted by Gasteiger charge is -2.06. The number of hydrogen-bond donors (Lipinski definition) is 1. The van der Waals surface area contributed by atoms with Gasteiger partial charge in [0, 0.05) is 6.20 Å². The maximum absolute atomic E-state index is 13.4. The molecule has 0 saturated carbocycles. The number of nitrogens with one attached hydrogen (secondary N) is 1. The monoisotopic (exact) mass is 295 g/mol. The number of aromatic nitrogens is 1. The first-order valence-electron chi connectivity index (χ1n) is 5.35. The molecule has 0 fully saturated rings. The van der Waals surface area contributed by atoms with Gasteiger partial charge in [-0.05, 0) is 18.2 Å². The van der Waals surface area contributed by atoms with Crippen molar-refractivity contribution in [2.45, 2.75) is 0 Å². The molecule has 0 spiro atoms. The van der Waals surface area contributed by atoms with Gasteiger partial charge in [-0.2, -0.15) is 0 Å². The van der Waals surface area contributed by atoms with Crippen LogP contribution < -0.4 is 5.32 Å². The molecule has 0 aliphatic heterocycles. The second-order valence-electron chi connectivity index (χ2n) is 3.69. The van der Waals surface area contributed by atoms with Gasteiger partial charge in [0.1, 0.15) is 11.4 Å². The molecule has 1 aromatic carbocycles. The molecule has 1 aromatic heterocycles. The predicted molar refractivity (Wildman–Crippen MR) is 70.3 cm³/mol. The van der Waals surface area contributed by atoms with Crippen molar-refractivity contribution in [1.29, 1.82) is 0 Å². The highest BCUT2D eigenvalue weighted by molar-refractivity contribution is 6.32. The summed E-state index contributed by atoms with van der Waals surface area (Å²) in [7, 11) is 0. The summed E-state index contributed by atoms with van der Waals surface area (Å²) in [6.07, 6.45) is 1.16. The van der Waals surface area contributed by atoms with Gasteiger partial charge in [0.25, 0.3) is 5.91 Å². The Morgan fingerprint density at radius 3 is 2.70 bits per heavy atom. The minimum absolute atomic E-state index is 0.0836. The molecule has 20 heavy (non-hydrogen) atoms. The average Bonchev–Trinajstić information content (AvgIpc) is 2.40. The van der Waals surface area contributed by atoms with Crippen molar-refractivity contribution in [3.05, 3.63) is 63.2 Å². The van der Waals surface area contributed by atoms with Crippen LogP contribution in [0.2, 0.25) is 5.15 Å². The van der Waals surface area contributed by atoms with Crippen LogP contribution in [0.1, 0.15) is 10.4 Å². The van der Waals surface area contributed by atoms with E-state index in [1.54, 1.807) is 0 Å². The van der Waals surface area contributed by atoms with E-state index in [0.717, 1.165) is 18.3 Å². The summed E-state index contributed by atoms with van der Waals surface area (Å²) in [6.45, 7) is 0. The molecule has 2 rings (SSSR count). The van der Waals surface area contributed by atoms with Crippen molar-refractivity contribution >= 4 is 28.9 Å². The van der Waals surface area contributed by atoms with Gasteiger partial charge in [-0.1, -0.05) is 23.7 Å². The van der Waals surface area contributed by atoms with Crippen LogP contribution in [0.15, 0.2) is 36.5 Å². The number of para-hydroxylation sites is 1. The van der Waals surface area contributed by atoms with E-state index in [9.17, 15) is 19.3 Å². The summed E-state index contributed by atoms with van der Waals surface area (Å²) in [4.78, 5) is 25.6. The first-order chi connectivity index (χ1) is 9.50. The quantitative estimate of drug-likeness (QED) is 0.536. The van der Waals surface area contributed by atoms with E-state index in [0.29, 0.717) is 0 Å². The number of halogens is 2. The minimum Gasteiger partial charge on any atom is -0.319 e. The first kappa shape index (κ1) is 13.9. The van der Waals surface area contributed by atoms with Crippen LogP contribution in [-0.4, -0.2) is 15.8 Å². The third kappa shape index (κ3) is 2.72. The number of carbonyl (C=O) groups excluding carboxylic acids is 1. The summed E-state index contributed by atoms with van der Waals surface area (Å²) >= 11 is 5.60. The van der Waals surface area contributed by atoms with Crippen molar-refractivity contribution in [2.75, 3.05) is 5.32 Å². The van der Waals surface area contributed by atoms with Crippen LogP contribution >= 0.6 is 11.6 Å². The molecular formula is C12H7ClFN3O3. The Hall–Kier alpha value is -2.54. The number of nitrogens with zero attached hydrogens (tertiary/aromatic N) is 2. The van der Waals surface area contributed by atoms with E-state index in [-0.39, 0.29) is 11.3 Å². The smallest absolute Gasteiger partial charge is 0.319 e. The molecule has 0 radical (unpaired) electrons. The topological polar surface area (TPSA) is 85.1 Å². The second-order valence-corrected chi connectivity index (χ2v) is 4.05. The molecule has 8 heteroatoms. The molecule has 1 N–H and O–H groups in total. The molecule has 6 nitrogen and oxygen atoms in total. The van der Waals surface area contributed by atoms with E-state index in [2.05, 4.69) is 10.3 Å². The molecule has 0 aliphatic rings. The zero-order valence-electron chi connectivity index (χ0n) is 9.84. The highest BCUT2D eigenvalue weighted by Crippen LogP contribution is 2.27. The summed E-state index contributed by atoms with van der Waals surface area (Å²) in [5.74, 6) is -1.49. The maximum Gasteiger partial charge on any atom is 0.319 e. The average molecular weight is 296 g/mol. The van der Waals surface area contributed by atoms with Crippen molar-refractivity contribution in [3.63, 3.8) is 0 Å². The summed E-state index contributed by atoms with van der Waals surface area (Å²) in [6, 6.07) is 6.61. The molecule has 0 saturated heterocycles. The van der Waals surface area contributed by atoms with Crippen molar-refractivity contribution in [3.8, 4) is 0 Å². The van der Waals surface area contributed by atoms with Crippen molar-refractivity contribution in [2.24, 2.45) is 0 Å². The van der Waals surface area contributed by atoms with E-state index in [1.165, 1.54) is 18.2 Å². The minimum atomic E-state index is -0.842. The maximum atomic E-state index is 13.4. The molecule has 1 heterocycles. The molecule has 0 aliphatic carbocycles. The Morgan fingerprint density at radius 1 is 1.35 bits per heavy atom. The Bertz CT molecular complexity index is 693. The van der Waals surface area contributed by atoms with Gasteiger partial charge in [-0.25, -0.2) is 9.37 Å². The van der Waals surface area contributed by atoms with Crippen LogP contribution in [0, 0.1) is 15.9 Å². The van der Waals surface area contributed by atoms with Gasteiger partial charge >= 0.3 is 5.69 Å². The number of rotatable bonds is 3. The molecule has 1 amide bonds. The van der Waals surface area contributed by atoms with Gasteiger partial charge in [0.2, 0.25) is 5.15 Å². The first-order valence-corrected chi connectivity index (χ1v) is 5.73. The van der Waals surface area contributed by atoms with E-state index >= 15 is 0 Å². The molecule has 0 bridgehead atoms. The molecule has 0 atom stereocenters. The van der Waals surface area contributed by atoms with Gasteiger partial charge in [-0.3, -0.25) is 14.9 Å². The Balaban J connectivity index is 2.38. The number of carbonyl (C=O) groups is 1. The van der Waals surface area contributed by atoms with Crippen molar-refractivity contribution in [1.82, 2.24) is 4.98 Å². The third-order valence-electron chi connectivity index (χ3n) is 2.43. The number of amides is 1. The second kappa shape index (κ2) is 5.62. The lowest BCUT2D eigenvalue weighted by atomic mass is 10.2. The zero-order chi connectivity index (χ0) is 14.7. The highest BCUT2D eigenvalue weighted by atomic mass is 35.5. The molecule has 102 valence electrons. The van der Waals surface area contributed by atoms with E-state index < -0.39 is 27.5 Å². The van der Waals surface area contributed by atoms with Gasteiger partial charge < -0.3 is 5.32 Å². The highest BCUT2D eigenvalue weighted by Gasteiger charge is 2.25. The van der Waals surface area contributed by atoms with Gasteiger partial charge in [-0.15, -0.1) is 0 Å². The fraction of sp³-hybridized carbons (Fsp3) is 0. The van der Waals surface area contributed by atoms with E-state index in [1.807, 2.05) is 0 Å². The predicted octanol–water partition coefficient (Wildman–Crippen LogP) is 3.03. The van der Waals surface area contributed by atoms with Gasteiger partial charge in [0.15, 0.2) is 0 Å². The van der Waals surface area contributed by atoms with E-state index in [4.69, 9.17) is 11.6 Å². The number of anilines is 1. The largest absolute Gasteiger partial charge is 0.319 e.